The predicted molar refractivity (Wildman–Crippen MR) is 55.9 cm³/mol. The van der Waals surface area contributed by atoms with Gasteiger partial charge in [-0.3, -0.25) is 4.79 Å². The molecule has 0 aliphatic heterocycles. The van der Waals surface area contributed by atoms with Crippen molar-refractivity contribution in [3.63, 3.8) is 0 Å². The third kappa shape index (κ3) is 2.06. The highest BCUT2D eigenvalue weighted by Gasteiger charge is 2.14. The molecule has 0 radical (unpaired) electrons. The van der Waals surface area contributed by atoms with Crippen molar-refractivity contribution in [1.82, 2.24) is 25.2 Å². The number of aliphatic carboxylic acids is 1. The van der Waals surface area contributed by atoms with Gasteiger partial charge in [-0.2, -0.15) is 0 Å². The topological polar surface area (TPSA) is 93.8 Å². The van der Waals surface area contributed by atoms with Crippen LogP contribution < -0.4 is 0 Å². The molecular weight excluding hydrogens is 230 g/mol. The number of hydrogen-bond donors (Lipinski definition) is 1. The summed E-state index contributed by atoms with van der Waals surface area (Å²) in [5.74, 6) is -0.302. The molecule has 0 unspecified atom stereocenters. The fraction of sp³-hybridized carbons (Fsp3) is 0.375. The number of carboxylic acids is 1. The maximum atomic E-state index is 10.5. The molecule has 2 heterocycles. The van der Waals surface area contributed by atoms with Crippen molar-refractivity contribution in [2.45, 2.75) is 19.9 Å². The van der Waals surface area contributed by atoms with Gasteiger partial charge < -0.3 is 5.11 Å². The van der Waals surface area contributed by atoms with Gasteiger partial charge in [0, 0.05) is 0 Å². The van der Waals surface area contributed by atoms with E-state index in [4.69, 9.17) is 5.11 Å². The van der Waals surface area contributed by atoms with Gasteiger partial charge >= 0.3 is 5.97 Å². The maximum absolute atomic E-state index is 10.5. The summed E-state index contributed by atoms with van der Waals surface area (Å²) >= 11 is 1.43. The zero-order valence-corrected chi connectivity index (χ0v) is 9.31. The van der Waals surface area contributed by atoms with Crippen LogP contribution in [-0.4, -0.2) is 36.3 Å². The van der Waals surface area contributed by atoms with Gasteiger partial charge in [-0.1, -0.05) is 0 Å². The zero-order chi connectivity index (χ0) is 11.5. The molecular formula is C8H9N5O2S. The second kappa shape index (κ2) is 4.35. The molecule has 0 fully saturated rings. The van der Waals surface area contributed by atoms with Crippen LogP contribution in [0.3, 0.4) is 0 Å². The first-order chi connectivity index (χ1) is 7.68. The van der Waals surface area contributed by atoms with Gasteiger partial charge in [0.05, 0.1) is 29.0 Å². The summed E-state index contributed by atoms with van der Waals surface area (Å²) in [6.45, 7) is 2.12. The monoisotopic (exact) mass is 239 g/mol. The van der Waals surface area contributed by atoms with Gasteiger partial charge in [0.15, 0.2) is 5.82 Å². The van der Waals surface area contributed by atoms with Gasteiger partial charge in [0.2, 0.25) is 0 Å². The Morgan fingerprint density at radius 1 is 1.62 bits per heavy atom. The van der Waals surface area contributed by atoms with Crippen molar-refractivity contribution in [3.05, 3.63) is 11.2 Å². The lowest BCUT2D eigenvalue weighted by Crippen LogP contribution is -2.07. The normalized spacial score (nSPS) is 10.6. The standard InChI is InChI=1S/C8H9N5O2S/c1-5-7(16-4-9-5)8-10-11-12-13(8)3-2-6(14)15/h4H,2-3H2,1H3,(H,14,15). The smallest absolute Gasteiger partial charge is 0.305 e. The number of carboxylic acid groups (broad SMARTS) is 1. The molecule has 0 aliphatic carbocycles. The minimum absolute atomic E-state index is 0.00408. The number of carbonyl (C=O) groups is 1. The molecule has 0 aliphatic rings. The van der Waals surface area contributed by atoms with E-state index < -0.39 is 5.97 Å². The highest BCUT2D eigenvalue weighted by Crippen LogP contribution is 2.24. The minimum atomic E-state index is -0.873. The number of rotatable bonds is 4. The minimum Gasteiger partial charge on any atom is -0.481 e. The third-order valence-corrected chi connectivity index (χ3v) is 2.94. The largest absolute Gasteiger partial charge is 0.481 e. The van der Waals surface area contributed by atoms with E-state index >= 15 is 0 Å². The Balaban J connectivity index is 2.26. The van der Waals surface area contributed by atoms with Crippen LogP contribution in [0, 0.1) is 6.92 Å². The number of nitrogens with zero attached hydrogens (tertiary/aromatic N) is 5. The second-order valence-corrected chi connectivity index (χ2v) is 3.99. The summed E-state index contributed by atoms with van der Waals surface area (Å²) in [6.07, 6.45) is -0.00408. The predicted octanol–water partition coefficient (Wildman–Crippen LogP) is 0.580. The molecule has 8 heteroatoms. The second-order valence-electron chi connectivity index (χ2n) is 3.14. The van der Waals surface area contributed by atoms with E-state index in [0.29, 0.717) is 5.82 Å². The molecule has 16 heavy (non-hydrogen) atoms. The highest BCUT2D eigenvalue weighted by atomic mass is 32.1. The summed E-state index contributed by atoms with van der Waals surface area (Å²) in [4.78, 5) is 15.4. The number of hydrogen-bond acceptors (Lipinski definition) is 6. The molecule has 84 valence electrons. The van der Waals surface area contributed by atoms with E-state index in [1.807, 2.05) is 6.92 Å². The van der Waals surface area contributed by atoms with Crippen molar-refractivity contribution < 1.29 is 9.90 Å². The van der Waals surface area contributed by atoms with Crippen molar-refractivity contribution in [2.24, 2.45) is 0 Å². The van der Waals surface area contributed by atoms with Crippen molar-refractivity contribution in [2.75, 3.05) is 0 Å². The molecule has 0 spiro atoms. The average Bonchev–Trinajstić information content (AvgIpc) is 2.82. The first kappa shape index (κ1) is 10.7. The molecule has 0 aromatic carbocycles. The SMILES string of the molecule is Cc1ncsc1-c1nnnn1CCC(=O)O. The van der Waals surface area contributed by atoms with Crippen LogP contribution >= 0.6 is 11.3 Å². The van der Waals surface area contributed by atoms with Gasteiger partial charge in [0.25, 0.3) is 0 Å². The Morgan fingerprint density at radius 2 is 2.44 bits per heavy atom. The maximum Gasteiger partial charge on any atom is 0.305 e. The first-order valence-corrected chi connectivity index (χ1v) is 5.45. The van der Waals surface area contributed by atoms with E-state index in [2.05, 4.69) is 20.5 Å². The zero-order valence-electron chi connectivity index (χ0n) is 8.49. The fourth-order valence-electron chi connectivity index (χ4n) is 1.24. The number of aromatic nitrogens is 5. The van der Waals surface area contributed by atoms with Gasteiger partial charge in [-0.15, -0.1) is 16.4 Å². The summed E-state index contributed by atoms with van der Waals surface area (Å²) in [5.41, 5.74) is 2.55. The Morgan fingerprint density at radius 3 is 3.06 bits per heavy atom. The van der Waals surface area contributed by atoms with Gasteiger partial charge in [0.1, 0.15) is 0 Å². The molecule has 0 atom stereocenters. The summed E-state index contributed by atoms with van der Waals surface area (Å²) in [5, 5.41) is 19.8. The van der Waals surface area contributed by atoms with E-state index in [9.17, 15) is 4.79 Å². The molecule has 2 aromatic rings. The molecule has 0 saturated carbocycles. The van der Waals surface area contributed by atoms with Crippen molar-refractivity contribution in [1.29, 1.82) is 0 Å². The van der Waals surface area contributed by atoms with Crippen LogP contribution in [-0.2, 0) is 11.3 Å². The Bertz CT molecular complexity index is 506. The third-order valence-electron chi connectivity index (χ3n) is 2.02. The number of thiazole rings is 1. The molecule has 2 rings (SSSR count). The Hall–Kier alpha value is -1.83. The average molecular weight is 239 g/mol. The lowest BCUT2D eigenvalue weighted by Gasteiger charge is -2.00. The summed E-state index contributed by atoms with van der Waals surface area (Å²) in [6, 6.07) is 0. The van der Waals surface area contributed by atoms with Crippen LogP contribution in [0.15, 0.2) is 5.51 Å². The number of tetrazole rings is 1. The van der Waals surface area contributed by atoms with E-state index in [1.54, 1.807) is 5.51 Å². The van der Waals surface area contributed by atoms with E-state index in [-0.39, 0.29) is 13.0 Å². The van der Waals surface area contributed by atoms with Crippen LogP contribution in [0.25, 0.3) is 10.7 Å². The van der Waals surface area contributed by atoms with Crippen LogP contribution in [0.4, 0.5) is 0 Å². The molecule has 7 nitrogen and oxygen atoms in total. The lowest BCUT2D eigenvalue weighted by molar-refractivity contribution is -0.137. The van der Waals surface area contributed by atoms with Gasteiger partial charge in [-0.05, 0) is 17.4 Å². The molecule has 1 N–H and O–H groups in total. The van der Waals surface area contributed by atoms with Crippen molar-refractivity contribution >= 4 is 17.3 Å². The molecule has 0 saturated heterocycles. The van der Waals surface area contributed by atoms with E-state index in [0.717, 1.165) is 10.6 Å². The fourth-order valence-corrected chi connectivity index (χ4v) is 2.03. The quantitative estimate of drug-likeness (QED) is 0.838. The van der Waals surface area contributed by atoms with Crippen molar-refractivity contribution in [3.8, 4) is 10.7 Å². The highest BCUT2D eigenvalue weighted by molar-refractivity contribution is 7.13. The Kier molecular flexibility index (Phi) is 2.91. The van der Waals surface area contributed by atoms with Crippen LogP contribution in [0.1, 0.15) is 12.1 Å². The molecule has 0 bridgehead atoms. The summed E-state index contributed by atoms with van der Waals surface area (Å²) in [7, 11) is 0. The Labute approximate surface area is 94.7 Å². The summed E-state index contributed by atoms with van der Waals surface area (Å²) < 4.78 is 1.48. The molecule has 0 amide bonds. The number of aryl methyl sites for hydroxylation is 2. The molecule has 2 aromatic heterocycles. The van der Waals surface area contributed by atoms with E-state index in [1.165, 1.54) is 16.0 Å². The van der Waals surface area contributed by atoms with Gasteiger partial charge in [-0.25, -0.2) is 9.67 Å². The van der Waals surface area contributed by atoms with Crippen LogP contribution in [0.5, 0.6) is 0 Å². The first-order valence-electron chi connectivity index (χ1n) is 4.57. The van der Waals surface area contributed by atoms with Crippen LogP contribution in [0.2, 0.25) is 0 Å². The lowest BCUT2D eigenvalue weighted by atomic mass is 10.3.